The number of nitrogens with zero attached hydrogens (tertiary/aromatic N) is 1. The van der Waals surface area contributed by atoms with Crippen LogP contribution in [0.2, 0.25) is 0 Å². The fourth-order valence-corrected chi connectivity index (χ4v) is 3.03. The number of hydrogen-bond donors (Lipinski definition) is 1. The van der Waals surface area contributed by atoms with Crippen LogP contribution in [0.4, 0.5) is 0 Å². The first-order valence-corrected chi connectivity index (χ1v) is 9.15. The highest BCUT2D eigenvalue weighted by Gasteiger charge is 2.08. The average molecular weight is 342 g/mol. The maximum atomic E-state index is 11.4. The quantitative estimate of drug-likeness (QED) is 0.698. The monoisotopic (exact) mass is 342 g/mol. The molecule has 0 saturated heterocycles. The molecule has 0 atom stereocenters. The van der Waals surface area contributed by atoms with Gasteiger partial charge in [0.2, 0.25) is 10.0 Å². The second-order valence-electron chi connectivity index (χ2n) is 5.52. The number of benzene rings is 2. The summed E-state index contributed by atoms with van der Waals surface area (Å²) in [5.41, 5.74) is 1.23. The standard InChI is InChI=1S/C18H18N2O3S/c19-24(21,22)18-6-4-15-3-5-17(12-16(15)13-18)23-11-1-2-14-7-9-20-10-8-14/h3-10,12-13H,1-2,11H2,(H2,19,21,22). The lowest BCUT2D eigenvalue weighted by Gasteiger charge is -2.08. The largest absolute Gasteiger partial charge is 0.494 e. The van der Waals surface area contributed by atoms with Crippen LogP contribution in [-0.2, 0) is 16.4 Å². The van der Waals surface area contributed by atoms with E-state index in [0.717, 1.165) is 23.6 Å². The highest BCUT2D eigenvalue weighted by molar-refractivity contribution is 7.89. The van der Waals surface area contributed by atoms with Crippen molar-refractivity contribution in [3.8, 4) is 5.75 Å². The molecule has 0 unspecified atom stereocenters. The van der Waals surface area contributed by atoms with Gasteiger partial charge in [-0.3, -0.25) is 4.98 Å². The first-order chi connectivity index (χ1) is 11.5. The lowest BCUT2D eigenvalue weighted by molar-refractivity contribution is 0.311. The number of aryl methyl sites for hydroxylation is 1. The fourth-order valence-electron chi connectivity index (χ4n) is 2.49. The third-order valence-corrected chi connectivity index (χ3v) is 4.65. The van der Waals surface area contributed by atoms with Gasteiger partial charge in [0.1, 0.15) is 5.75 Å². The number of primary sulfonamides is 1. The van der Waals surface area contributed by atoms with E-state index >= 15 is 0 Å². The minimum Gasteiger partial charge on any atom is -0.494 e. The van der Waals surface area contributed by atoms with Crippen molar-refractivity contribution in [1.29, 1.82) is 0 Å². The Bertz CT molecular complexity index is 941. The van der Waals surface area contributed by atoms with Gasteiger partial charge < -0.3 is 4.74 Å². The highest BCUT2D eigenvalue weighted by atomic mass is 32.2. The highest BCUT2D eigenvalue weighted by Crippen LogP contribution is 2.23. The van der Waals surface area contributed by atoms with E-state index < -0.39 is 10.0 Å². The molecule has 2 aromatic carbocycles. The third-order valence-electron chi connectivity index (χ3n) is 3.74. The Hall–Kier alpha value is -2.44. The Morgan fingerprint density at radius 1 is 0.958 bits per heavy atom. The SMILES string of the molecule is NS(=O)(=O)c1ccc2ccc(OCCCc3ccncc3)cc2c1. The smallest absolute Gasteiger partial charge is 0.238 e. The van der Waals surface area contributed by atoms with E-state index in [0.29, 0.717) is 12.4 Å². The van der Waals surface area contributed by atoms with E-state index in [1.54, 1.807) is 24.5 Å². The molecular formula is C18H18N2O3S. The fraction of sp³-hybridized carbons (Fsp3) is 0.167. The number of nitrogens with two attached hydrogens (primary N) is 1. The summed E-state index contributed by atoms with van der Waals surface area (Å²) >= 11 is 0. The van der Waals surface area contributed by atoms with Gasteiger partial charge in [0.05, 0.1) is 11.5 Å². The summed E-state index contributed by atoms with van der Waals surface area (Å²) in [6, 6.07) is 14.4. The van der Waals surface area contributed by atoms with Gasteiger partial charge in [0, 0.05) is 12.4 Å². The summed E-state index contributed by atoms with van der Waals surface area (Å²) in [7, 11) is -3.70. The Morgan fingerprint density at radius 3 is 2.46 bits per heavy atom. The molecule has 1 heterocycles. The molecule has 0 saturated carbocycles. The summed E-state index contributed by atoms with van der Waals surface area (Å²) in [6.45, 7) is 0.586. The van der Waals surface area contributed by atoms with Gasteiger partial charge in [0.25, 0.3) is 0 Å². The molecule has 0 amide bonds. The van der Waals surface area contributed by atoms with E-state index in [2.05, 4.69) is 4.98 Å². The molecule has 3 aromatic rings. The molecule has 0 fully saturated rings. The summed E-state index contributed by atoms with van der Waals surface area (Å²) in [4.78, 5) is 4.09. The van der Waals surface area contributed by atoms with Crippen LogP contribution in [0.25, 0.3) is 10.8 Å². The van der Waals surface area contributed by atoms with Crippen molar-refractivity contribution < 1.29 is 13.2 Å². The minimum atomic E-state index is -3.70. The van der Waals surface area contributed by atoms with Gasteiger partial charge in [-0.25, -0.2) is 13.6 Å². The van der Waals surface area contributed by atoms with Crippen molar-refractivity contribution >= 4 is 20.8 Å². The molecule has 0 bridgehead atoms. The number of ether oxygens (including phenoxy) is 1. The summed E-state index contributed by atoms with van der Waals surface area (Å²) in [6.07, 6.45) is 5.37. The van der Waals surface area contributed by atoms with Crippen LogP contribution in [0.5, 0.6) is 5.75 Å². The van der Waals surface area contributed by atoms with Crippen molar-refractivity contribution in [1.82, 2.24) is 4.98 Å². The molecular weight excluding hydrogens is 324 g/mol. The lowest BCUT2D eigenvalue weighted by atomic mass is 10.1. The molecule has 1 aromatic heterocycles. The predicted molar refractivity (Wildman–Crippen MR) is 93.4 cm³/mol. The normalized spacial score (nSPS) is 11.5. The first kappa shape index (κ1) is 16.4. The zero-order valence-electron chi connectivity index (χ0n) is 13.1. The Kier molecular flexibility index (Phi) is 4.78. The van der Waals surface area contributed by atoms with Crippen molar-refractivity contribution in [2.45, 2.75) is 17.7 Å². The molecule has 0 aliphatic carbocycles. The molecule has 6 heteroatoms. The van der Waals surface area contributed by atoms with Crippen molar-refractivity contribution in [3.63, 3.8) is 0 Å². The van der Waals surface area contributed by atoms with Crippen LogP contribution in [0.15, 0.2) is 65.8 Å². The molecule has 0 aliphatic rings. The van der Waals surface area contributed by atoms with Crippen LogP contribution in [0.1, 0.15) is 12.0 Å². The van der Waals surface area contributed by atoms with E-state index in [1.165, 1.54) is 11.6 Å². The minimum absolute atomic E-state index is 0.102. The number of sulfonamides is 1. The van der Waals surface area contributed by atoms with Gasteiger partial charge in [-0.2, -0.15) is 0 Å². The Balaban J connectivity index is 1.66. The van der Waals surface area contributed by atoms with Gasteiger partial charge >= 0.3 is 0 Å². The molecule has 0 aliphatic heterocycles. The lowest BCUT2D eigenvalue weighted by Crippen LogP contribution is -2.11. The zero-order chi connectivity index (χ0) is 17.0. The maximum Gasteiger partial charge on any atom is 0.238 e. The molecule has 0 spiro atoms. The van der Waals surface area contributed by atoms with Gasteiger partial charge in [-0.1, -0.05) is 12.1 Å². The average Bonchev–Trinajstić information content (AvgIpc) is 2.58. The van der Waals surface area contributed by atoms with Gasteiger partial charge in [0.15, 0.2) is 0 Å². The summed E-state index contributed by atoms with van der Waals surface area (Å²) < 4.78 is 28.7. The molecule has 5 nitrogen and oxygen atoms in total. The molecule has 24 heavy (non-hydrogen) atoms. The number of rotatable bonds is 6. The van der Waals surface area contributed by atoms with Crippen molar-refractivity contribution in [3.05, 3.63) is 66.5 Å². The van der Waals surface area contributed by atoms with Gasteiger partial charge in [-0.05, 0) is 65.6 Å². The zero-order valence-corrected chi connectivity index (χ0v) is 13.9. The summed E-state index contributed by atoms with van der Waals surface area (Å²) in [5, 5.41) is 6.90. The van der Waals surface area contributed by atoms with Crippen LogP contribution >= 0.6 is 0 Å². The second kappa shape index (κ2) is 6.98. The molecule has 0 radical (unpaired) electrons. The van der Waals surface area contributed by atoms with E-state index in [1.807, 2.05) is 30.3 Å². The molecule has 124 valence electrons. The van der Waals surface area contributed by atoms with Gasteiger partial charge in [-0.15, -0.1) is 0 Å². The van der Waals surface area contributed by atoms with Crippen LogP contribution in [0.3, 0.4) is 0 Å². The summed E-state index contributed by atoms with van der Waals surface area (Å²) in [5.74, 6) is 0.712. The topological polar surface area (TPSA) is 82.3 Å². The number of hydrogen-bond acceptors (Lipinski definition) is 4. The number of aromatic nitrogens is 1. The van der Waals surface area contributed by atoms with E-state index in [9.17, 15) is 8.42 Å². The number of pyridine rings is 1. The van der Waals surface area contributed by atoms with Crippen molar-refractivity contribution in [2.24, 2.45) is 5.14 Å². The van der Waals surface area contributed by atoms with Crippen molar-refractivity contribution in [2.75, 3.05) is 6.61 Å². The predicted octanol–water partition coefficient (Wildman–Crippen LogP) is 2.89. The van der Waals surface area contributed by atoms with Crippen LogP contribution < -0.4 is 9.88 Å². The third kappa shape index (κ3) is 4.10. The molecule has 3 rings (SSSR count). The van der Waals surface area contributed by atoms with E-state index in [4.69, 9.17) is 9.88 Å². The van der Waals surface area contributed by atoms with Crippen LogP contribution in [-0.4, -0.2) is 20.0 Å². The Labute approximate surface area is 141 Å². The van der Waals surface area contributed by atoms with E-state index in [-0.39, 0.29) is 4.90 Å². The maximum absolute atomic E-state index is 11.4. The Morgan fingerprint density at radius 2 is 1.71 bits per heavy atom. The second-order valence-corrected chi connectivity index (χ2v) is 7.08. The first-order valence-electron chi connectivity index (χ1n) is 7.61. The van der Waals surface area contributed by atoms with Crippen LogP contribution in [0, 0.1) is 0 Å². The number of fused-ring (bicyclic) bond motifs is 1. The molecule has 2 N–H and O–H groups in total.